The van der Waals surface area contributed by atoms with Crippen LogP contribution in [0.3, 0.4) is 0 Å². The maximum Gasteiger partial charge on any atom is 0.140 e. The fourth-order valence-corrected chi connectivity index (χ4v) is 2.45. The monoisotopic (exact) mass is 286 g/mol. The Hall–Kier alpha value is -0.530. The van der Waals surface area contributed by atoms with Gasteiger partial charge in [0.05, 0.1) is 10.0 Å². The zero-order valence-electron chi connectivity index (χ0n) is 11.0. The number of hydrogen-bond acceptors (Lipinski definition) is 1. The van der Waals surface area contributed by atoms with Crippen LogP contribution in [0.4, 0.5) is 0 Å². The molecule has 0 aliphatic rings. The number of halogens is 2. The molecular weight excluding hydrogens is 267 g/mol. The summed E-state index contributed by atoms with van der Waals surface area (Å²) in [7, 11) is 0. The normalized spacial score (nSPS) is 12.4. The van der Waals surface area contributed by atoms with E-state index in [0.29, 0.717) is 16.5 Å². The van der Waals surface area contributed by atoms with Gasteiger partial charge in [-0.1, -0.05) is 62.0 Å². The van der Waals surface area contributed by atoms with Crippen molar-refractivity contribution in [2.24, 2.45) is 5.92 Å². The smallest absolute Gasteiger partial charge is 0.140 e. The summed E-state index contributed by atoms with van der Waals surface area (Å²) in [6.45, 7) is 4.21. The van der Waals surface area contributed by atoms with E-state index in [1.165, 1.54) is 0 Å². The largest absolute Gasteiger partial charge is 0.299 e. The van der Waals surface area contributed by atoms with Crippen LogP contribution in [-0.2, 0) is 11.2 Å². The number of Topliss-reactive ketones (excluding diaryl/α,β-unsaturated/α-hetero) is 1. The molecule has 0 aliphatic heterocycles. The first kappa shape index (κ1) is 15.5. The first-order valence-corrected chi connectivity index (χ1v) is 7.31. The number of hydrogen-bond donors (Lipinski definition) is 0. The third kappa shape index (κ3) is 4.29. The van der Waals surface area contributed by atoms with Crippen molar-refractivity contribution in [3.63, 3.8) is 0 Å². The predicted octanol–water partition coefficient (Wildman–Crippen LogP) is 5.32. The molecule has 0 radical (unpaired) electrons. The van der Waals surface area contributed by atoms with Crippen LogP contribution in [0, 0.1) is 5.92 Å². The van der Waals surface area contributed by atoms with Crippen molar-refractivity contribution < 1.29 is 4.79 Å². The van der Waals surface area contributed by atoms with Crippen LogP contribution in [0.5, 0.6) is 0 Å². The first-order valence-electron chi connectivity index (χ1n) is 6.55. The minimum Gasteiger partial charge on any atom is -0.299 e. The van der Waals surface area contributed by atoms with Crippen LogP contribution in [0.25, 0.3) is 0 Å². The van der Waals surface area contributed by atoms with Crippen molar-refractivity contribution >= 4 is 29.0 Å². The second-order valence-electron chi connectivity index (χ2n) is 4.60. The van der Waals surface area contributed by atoms with Gasteiger partial charge in [0, 0.05) is 12.3 Å². The maximum absolute atomic E-state index is 12.2. The third-order valence-corrected chi connectivity index (χ3v) is 4.11. The fraction of sp³-hybridized carbons (Fsp3) is 0.533. The van der Waals surface area contributed by atoms with E-state index in [9.17, 15) is 4.79 Å². The minimum atomic E-state index is 0.153. The van der Waals surface area contributed by atoms with Gasteiger partial charge < -0.3 is 0 Å². The van der Waals surface area contributed by atoms with Gasteiger partial charge in [0.25, 0.3) is 0 Å². The molecule has 0 spiro atoms. The van der Waals surface area contributed by atoms with E-state index in [1.807, 2.05) is 12.1 Å². The number of rotatable bonds is 7. The molecule has 0 amide bonds. The summed E-state index contributed by atoms with van der Waals surface area (Å²) in [5.74, 6) is 0.426. The van der Waals surface area contributed by atoms with Crippen LogP contribution in [0.15, 0.2) is 18.2 Å². The Kier molecular flexibility index (Phi) is 6.73. The zero-order chi connectivity index (χ0) is 13.5. The summed E-state index contributed by atoms with van der Waals surface area (Å²) in [5, 5.41) is 1.03. The quantitative estimate of drug-likeness (QED) is 0.663. The standard InChI is InChI=1S/C15H20Cl2O/c1-3-5-7-11(4-2)14(18)10-12-8-6-9-13(16)15(12)17/h6,8-9,11H,3-5,7,10H2,1-2H3. The molecule has 1 unspecified atom stereocenters. The predicted molar refractivity (Wildman–Crippen MR) is 78.5 cm³/mol. The molecule has 0 N–H and O–H groups in total. The van der Waals surface area contributed by atoms with E-state index in [-0.39, 0.29) is 11.7 Å². The number of ketones is 1. The molecule has 0 aliphatic carbocycles. The van der Waals surface area contributed by atoms with Crippen molar-refractivity contribution in [2.45, 2.75) is 46.0 Å². The number of carbonyl (C=O) groups excluding carboxylic acids is 1. The van der Waals surface area contributed by atoms with Crippen LogP contribution < -0.4 is 0 Å². The van der Waals surface area contributed by atoms with Gasteiger partial charge in [-0.15, -0.1) is 0 Å². The minimum absolute atomic E-state index is 0.153. The molecule has 18 heavy (non-hydrogen) atoms. The van der Waals surface area contributed by atoms with Gasteiger partial charge in [0.15, 0.2) is 0 Å². The number of unbranched alkanes of at least 4 members (excludes halogenated alkanes) is 1. The molecular formula is C15H20Cl2O. The lowest BCUT2D eigenvalue weighted by Gasteiger charge is -2.14. The molecule has 1 atom stereocenters. The Bertz CT molecular complexity index is 401. The van der Waals surface area contributed by atoms with Crippen molar-refractivity contribution in [3.05, 3.63) is 33.8 Å². The molecule has 1 aromatic carbocycles. The Labute approximate surface area is 119 Å². The summed E-state index contributed by atoms with van der Waals surface area (Å²) in [6, 6.07) is 5.45. The van der Waals surface area contributed by atoms with E-state index < -0.39 is 0 Å². The van der Waals surface area contributed by atoms with Crippen molar-refractivity contribution in [3.8, 4) is 0 Å². The van der Waals surface area contributed by atoms with Gasteiger partial charge in [0.2, 0.25) is 0 Å². The van der Waals surface area contributed by atoms with E-state index >= 15 is 0 Å². The average molecular weight is 287 g/mol. The van der Waals surface area contributed by atoms with Crippen LogP contribution in [0.1, 0.15) is 45.1 Å². The Morgan fingerprint density at radius 3 is 2.61 bits per heavy atom. The van der Waals surface area contributed by atoms with E-state index in [4.69, 9.17) is 23.2 Å². The first-order chi connectivity index (χ1) is 8.60. The number of benzene rings is 1. The molecule has 0 heterocycles. The lowest BCUT2D eigenvalue weighted by molar-refractivity contribution is -0.122. The van der Waals surface area contributed by atoms with Crippen LogP contribution in [-0.4, -0.2) is 5.78 Å². The Balaban J connectivity index is 2.70. The topological polar surface area (TPSA) is 17.1 Å². The van der Waals surface area contributed by atoms with E-state index in [1.54, 1.807) is 6.07 Å². The summed E-state index contributed by atoms with van der Waals surface area (Å²) >= 11 is 12.1. The molecule has 0 aromatic heterocycles. The summed E-state index contributed by atoms with van der Waals surface area (Å²) in [6.07, 6.45) is 4.50. The Morgan fingerprint density at radius 1 is 1.28 bits per heavy atom. The van der Waals surface area contributed by atoms with Crippen molar-refractivity contribution in [2.75, 3.05) is 0 Å². The van der Waals surface area contributed by atoms with Crippen molar-refractivity contribution in [1.29, 1.82) is 0 Å². The van der Waals surface area contributed by atoms with E-state index in [0.717, 1.165) is 31.2 Å². The van der Waals surface area contributed by atoms with Gasteiger partial charge >= 0.3 is 0 Å². The summed E-state index contributed by atoms with van der Waals surface area (Å²) in [5.41, 5.74) is 0.837. The highest BCUT2D eigenvalue weighted by atomic mass is 35.5. The summed E-state index contributed by atoms with van der Waals surface area (Å²) < 4.78 is 0. The second kappa shape index (κ2) is 7.81. The lowest BCUT2D eigenvalue weighted by atomic mass is 9.91. The summed E-state index contributed by atoms with van der Waals surface area (Å²) in [4.78, 5) is 12.2. The third-order valence-electron chi connectivity index (χ3n) is 3.25. The van der Waals surface area contributed by atoms with Gasteiger partial charge in [-0.25, -0.2) is 0 Å². The van der Waals surface area contributed by atoms with Gasteiger partial charge in [-0.3, -0.25) is 4.79 Å². The molecule has 1 aromatic rings. The van der Waals surface area contributed by atoms with E-state index in [2.05, 4.69) is 13.8 Å². The molecule has 1 rings (SSSR count). The highest BCUT2D eigenvalue weighted by molar-refractivity contribution is 6.42. The molecule has 1 nitrogen and oxygen atoms in total. The molecule has 100 valence electrons. The van der Waals surface area contributed by atoms with Gasteiger partial charge in [0.1, 0.15) is 5.78 Å². The van der Waals surface area contributed by atoms with Crippen LogP contribution in [0.2, 0.25) is 10.0 Å². The van der Waals surface area contributed by atoms with Crippen LogP contribution >= 0.6 is 23.2 Å². The molecule has 0 fully saturated rings. The average Bonchev–Trinajstić information content (AvgIpc) is 2.36. The molecule has 0 saturated carbocycles. The maximum atomic E-state index is 12.2. The molecule has 3 heteroatoms. The molecule has 0 bridgehead atoms. The SMILES string of the molecule is CCCCC(CC)C(=O)Cc1cccc(Cl)c1Cl. The second-order valence-corrected chi connectivity index (χ2v) is 5.39. The molecule has 0 saturated heterocycles. The van der Waals surface area contributed by atoms with Gasteiger partial charge in [-0.2, -0.15) is 0 Å². The highest BCUT2D eigenvalue weighted by Crippen LogP contribution is 2.27. The van der Waals surface area contributed by atoms with Crippen molar-refractivity contribution in [1.82, 2.24) is 0 Å². The zero-order valence-corrected chi connectivity index (χ0v) is 12.5. The Morgan fingerprint density at radius 2 is 2.00 bits per heavy atom. The van der Waals surface area contributed by atoms with Gasteiger partial charge in [-0.05, 0) is 24.5 Å². The fourth-order valence-electron chi connectivity index (χ4n) is 2.06. The number of carbonyl (C=O) groups is 1. The highest BCUT2D eigenvalue weighted by Gasteiger charge is 2.17. The lowest BCUT2D eigenvalue weighted by Crippen LogP contribution is -2.16.